The molecule has 0 saturated carbocycles. The Morgan fingerprint density at radius 3 is 2.75 bits per heavy atom. The number of halogens is 1. The molecule has 16 heavy (non-hydrogen) atoms. The van der Waals surface area contributed by atoms with Crippen LogP contribution in [-0.4, -0.2) is 15.7 Å². The molecule has 3 nitrogen and oxygen atoms in total. The van der Waals surface area contributed by atoms with E-state index in [2.05, 4.69) is 39.7 Å². The van der Waals surface area contributed by atoms with Crippen LogP contribution in [0.5, 0.6) is 0 Å². The quantitative estimate of drug-likeness (QED) is 0.909. The summed E-state index contributed by atoms with van der Waals surface area (Å²) in [6.07, 6.45) is 0.770. The number of nitrogens with zero attached hydrogens (tertiary/aromatic N) is 1. The van der Waals surface area contributed by atoms with E-state index in [-0.39, 0.29) is 5.56 Å². The number of hydrogen-bond acceptors (Lipinski definition) is 3. The Balaban J connectivity index is 2.74. The fourth-order valence-corrected chi connectivity index (χ4v) is 2.64. The van der Waals surface area contributed by atoms with Crippen molar-refractivity contribution in [2.45, 2.75) is 32.9 Å². The molecule has 0 unspecified atom stereocenters. The third-order valence-electron chi connectivity index (χ3n) is 2.01. The molecule has 1 heterocycles. The Kier molecular flexibility index (Phi) is 5.55. The van der Waals surface area contributed by atoms with Crippen LogP contribution in [0.2, 0.25) is 0 Å². The Hall–Kier alpha value is -0.290. The SMILES string of the molecule is CCc1nc(CSCC(C)C)[nH]c(=O)c1Br. The lowest BCUT2D eigenvalue weighted by molar-refractivity contribution is 0.749. The minimum atomic E-state index is -0.0769. The number of hydrogen-bond donors (Lipinski definition) is 1. The van der Waals surface area contributed by atoms with Crippen LogP contribution in [0.15, 0.2) is 9.27 Å². The van der Waals surface area contributed by atoms with Gasteiger partial charge in [0.1, 0.15) is 10.3 Å². The Morgan fingerprint density at radius 1 is 1.50 bits per heavy atom. The summed E-state index contributed by atoms with van der Waals surface area (Å²) in [6, 6.07) is 0. The summed E-state index contributed by atoms with van der Waals surface area (Å²) in [5, 5.41) is 0. The van der Waals surface area contributed by atoms with E-state index in [9.17, 15) is 4.79 Å². The fourth-order valence-electron chi connectivity index (χ4n) is 1.25. The van der Waals surface area contributed by atoms with Gasteiger partial charge in [0.25, 0.3) is 5.56 Å². The van der Waals surface area contributed by atoms with E-state index in [1.807, 2.05) is 6.92 Å². The van der Waals surface area contributed by atoms with Gasteiger partial charge in [-0.2, -0.15) is 11.8 Å². The third-order valence-corrected chi connectivity index (χ3v) is 4.20. The van der Waals surface area contributed by atoms with Crippen molar-refractivity contribution >= 4 is 27.7 Å². The minimum Gasteiger partial charge on any atom is -0.309 e. The highest BCUT2D eigenvalue weighted by Crippen LogP contribution is 2.14. The van der Waals surface area contributed by atoms with E-state index >= 15 is 0 Å². The van der Waals surface area contributed by atoms with Crippen LogP contribution in [0, 0.1) is 5.92 Å². The van der Waals surface area contributed by atoms with Crippen molar-refractivity contribution in [3.05, 3.63) is 26.3 Å². The van der Waals surface area contributed by atoms with Gasteiger partial charge in [0, 0.05) is 0 Å². The first kappa shape index (κ1) is 13.8. The molecular weight excluding hydrogens is 288 g/mol. The van der Waals surface area contributed by atoms with Gasteiger partial charge in [0.05, 0.1) is 11.4 Å². The average Bonchev–Trinajstić information content (AvgIpc) is 2.22. The topological polar surface area (TPSA) is 45.8 Å². The molecule has 0 bridgehead atoms. The summed E-state index contributed by atoms with van der Waals surface area (Å²) in [7, 11) is 0. The molecule has 1 aromatic heterocycles. The monoisotopic (exact) mass is 304 g/mol. The summed E-state index contributed by atoms with van der Waals surface area (Å²) in [6.45, 7) is 6.36. The van der Waals surface area contributed by atoms with Gasteiger partial charge in [-0.15, -0.1) is 0 Å². The predicted octanol–water partition coefficient (Wildman–Crippen LogP) is 2.98. The van der Waals surface area contributed by atoms with Gasteiger partial charge in [-0.1, -0.05) is 20.8 Å². The van der Waals surface area contributed by atoms with E-state index in [4.69, 9.17) is 0 Å². The second kappa shape index (κ2) is 6.45. The normalized spacial score (nSPS) is 11.1. The van der Waals surface area contributed by atoms with Gasteiger partial charge in [0.2, 0.25) is 0 Å². The molecule has 0 radical (unpaired) electrons. The molecule has 90 valence electrons. The molecule has 1 aromatic rings. The molecule has 0 aliphatic heterocycles. The highest BCUT2D eigenvalue weighted by molar-refractivity contribution is 9.10. The van der Waals surface area contributed by atoms with Crippen molar-refractivity contribution in [1.29, 1.82) is 0 Å². The molecule has 0 aliphatic rings. The van der Waals surface area contributed by atoms with Crippen LogP contribution in [0.1, 0.15) is 32.3 Å². The van der Waals surface area contributed by atoms with E-state index in [0.29, 0.717) is 10.4 Å². The van der Waals surface area contributed by atoms with E-state index in [1.165, 1.54) is 0 Å². The molecule has 1 N–H and O–H groups in total. The molecule has 0 saturated heterocycles. The number of aryl methyl sites for hydroxylation is 1. The van der Waals surface area contributed by atoms with Crippen molar-refractivity contribution in [1.82, 2.24) is 9.97 Å². The largest absolute Gasteiger partial charge is 0.309 e. The van der Waals surface area contributed by atoms with Crippen molar-refractivity contribution in [3.63, 3.8) is 0 Å². The number of aromatic amines is 1. The van der Waals surface area contributed by atoms with Crippen LogP contribution < -0.4 is 5.56 Å². The lowest BCUT2D eigenvalue weighted by Crippen LogP contribution is -2.15. The molecule has 0 aliphatic carbocycles. The van der Waals surface area contributed by atoms with Crippen molar-refractivity contribution in [2.75, 3.05) is 5.75 Å². The maximum Gasteiger partial charge on any atom is 0.265 e. The van der Waals surface area contributed by atoms with Crippen LogP contribution >= 0.6 is 27.7 Å². The van der Waals surface area contributed by atoms with E-state index in [1.54, 1.807) is 11.8 Å². The standard InChI is InChI=1S/C11H17BrN2OS/c1-4-8-10(12)11(15)14-9(13-8)6-16-5-7(2)3/h7H,4-6H2,1-3H3,(H,13,14,15). The zero-order valence-corrected chi connectivity index (χ0v) is 12.2. The predicted molar refractivity (Wildman–Crippen MR) is 72.9 cm³/mol. The lowest BCUT2D eigenvalue weighted by atomic mass is 10.3. The molecule has 1 rings (SSSR count). The first-order valence-electron chi connectivity index (χ1n) is 5.39. The minimum absolute atomic E-state index is 0.0769. The Bertz CT molecular complexity index is 403. The van der Waals surface area contributed by atoms with Crippen LogP contribution in [0.25, 0.3) is 0 Å². The molecule has 5 heteroatoms. The number of H-pyrrole nitrogens is 1. The van der Waals surface area contributed by atoms with Crippen LogP contribution in [-0.2, 0) is 12.2 Å². The maximum absolute atomic E-state index is 11.6. The summed E-state index contributed by atoms with van der Waals surface area (Å²) >= 11 is 5.05. The average molecular weight is 305 g/mol. The highest BCUT2D eigenvalue weighted by atomic mass is 79.9. The van der Waals surface area contributed by atoms with Crippen molar-refractivity contribution in [2.24, 2.45) is 5.92 Å². The van der Waals surface area contributed by atoms with E-state index < -0.39 is 0 Å². The molecule has 0 atom stereocenters. The zero-order valence-electron chi connectivity index (χ0n) is 9.84. The summed E-state index contributed by atoms with van der Waals surface area (Å²) in [5.74, 6) is 3.29. The van der Waals surface area contributed by atoms with Gasteiger partial charge in [-0.05, 0) is 34.0 Å². The second-order valence-corrected chi connectivity index (χ2v) is 5.86. The molecule has 0 fully saturated rings. The first-order chi connectivity index (χ1) is 7.54. The number of thioether (sulfide) groups is 1. The van der Waals surface area contributed by atoms with Gasteiger partial charge < -0.3 is 4.98 Å². The molecule has 0 aromatic carbocycles. The van der Waals surface area contributed by atoms with Gasteiger partial charge in [0.15, 0.2) is 0 Å². The third kappa shape index (κ3) is 3.94. The van der Waals surface area contributed by atoms with Gasteiger partial charge in [-0.3, -0.25) is 4.79 Å². The summed E-state index contributed by atoms with van der Waals surface area (Å²) in [4.78, 5) is 18.8. The van der Waals surface area contributed by atoms with Crippen LogP contribution in [0.4, 0.5) is 0 Å². The smallest absolute Gasteiger partial charge is 0.265 e. The second-order valence-electron chi connectivity index (χ2n) is 4.04. The lowest BCUT2D eigenvalue weighted by Gasteiger charge is -2.06. The fraction of sp³-hybridized carbons (Fsp3) is 0.636. The highest BCUT2D eigenvalue weighted by Gasteiger charge is 2.07. The van der Waals surface area contributed by atoms with Gasteiger partial charge >= 0.3 is 0 Å². The van der Waals surface area contributed by atoms with E-state index in [0.717, 1.165) is 29.4 Å². The van der Waals surface area contributed by atoms with Crippen LogP contribution in [0.3, 0.4) is 0 Å². The van der Waals surface area contributed by atoms with Crippen molar-refractivity contribution < 1.29 is 0 Å². The zero-order chi connectivity index (χ0) is 12.1. The maximum atomic E-state index is 11.6. The Morgan fingerprint density at radius 2 is 2.19 bits per heavy atom. The summed E-state index contributed by atoms with van der Waals surface area (Å²) < 4.78 is 0.563. The Labute approximate surface area is 109 Å². The number of rotatable bonds is 5. The molecule has 0 amide bonds. The van der Waals surface area contributed by atoms with Gasteiger partial charge in [-0.25, -0.2) is 4.98 Å². The molecule has 0 spiro atoms. The van der Waals surface area contributed by atoms with Crippen molar-refractivity contribution in [3.8, 4) is 0 Å². The molecular formula is C11H17BrN2OS. The number of aromatic nitrogens is 2. The summed E-state index contributed by atoms with van der Waals surface area (Å²) in [5.41, 5.74) is 0.760. The first-order valence-corrected chi connectivity index (χ1v) is 7.34. The number of nitrogens with one attached hydrogen (secondary N) is 1.